The summed E-state index contributed by atoms with van der Waals surface area (Å²) in [7, 11) is 0. The van der Waals surface area contributed by atoms with E-state index >= 15 is 0 Å². The molecule has 0 spiro atoms. The number of benzene rings is 2. The molecule has 1 aromatic heterocycles. The first kappa shape index (κ1) is 23.3. The summed E-state index contributed by atoms with van der Waals surface area (Å²) in [6, 6.07) is 9.77. The van der Waals surface area contributed by atoms with E-state index in [1.54, 1.807) is 30.5 Å². The Morgan fingerprint density at radius 3 is 2.53 bits per heavy atom. The van der Waals surface area contributed by atoms with Crippen LogP contribution in [0.25, 0.3) is 10.8 Å². The number of nitrogens with one attached hydrogen (secondary N) is 2. The van der Waals surface area contributed by atoms with Gasteiger partial charge in [-0.05, 0) is 35.9 Å². The number of carbonyl (C=O) groups is 2. The normalized spacial score (nSPS) is 11.4. The molecule has 0 fully saturated rings. The molecule has 3 rings (SSSR count). The molecule has 168 valence electrons. The van der Waals surface area contributed by atoms with E-state index in [-0.39, 0.29) is 36.5 Å². The molecular formula is C22H19ClF3N3O3. The van der Waals surface area contributed by atoms with Gasteiger partial charge in [0.1, 0.15) is 0 Å². The number of nitrogens with zero attached hydrogens (tertiary/aromatic N) is 1. The molecule has 0 aliphatic heterocycles. The molecule has 6 nitrogen and oxygen atoms in total. The third-order valence-electron chi connectivity index (χ3n) is 4.72. The molecule has 0 atom stereocenters. The van der Waals surface area contributed by atoms with Crippen molar-refractivity contribution >= 4 is 39.9 Å². The number of rotatable bonds is 6. The zero-order valence-electron chi connectivity index (χ0n) is 16.9. The van der Waals surface area contributed by atoms with E-state index in [0.29, 0.717) is 16.5 Å². The molecule has 2 N–H and O–H groups in total. The topological polar surface area (TPSA) is 80.2 Å². The summed E-state index contributed by atoms with van der Waals surface area (Å²) in [5, 5.41) is 5.68. The van der Waals surface area contributed by atoms with Gasteiger partial charge in [-0.2, -0.15) is 13.2 Å². The standard InChI is InChI=1S/C22H19ClF3N3O3/c1-13(30)27-8-10-29-9-7-15-16(21(29)32)3-2-4-19(15)28-20(31)12-14-5-6-18(23)17(11-14)22(24,25)26/h2-7,9,11H,8,10,12H2,1H3,(H,27,30)(H,28,31). The molecule has 3 aromatic rings. The van der Waals surface area contributed by atoms with Crippen LogP contribution in [0.5, 0.6) is 0 Å². The van der Waals surface area contributed by atoms with Gasteiger partial charge in [-0.15, -0.1) is 0 Å². The number of alkyl halides is 3. The molecule has 0 radical (unpaired) electrons. The second-order valence-electron chi connectivity index (χ2n) is 7.10. The highest BCUT2D eigenvalue weighted by atomic mass is 35.5. The molecule has 2 amide bonds. The maximum atomic E-state index is 13.0. The second-order valence-corrected chi connectivity index (χ2v) is 7.51. The van der Waals surface area contributed by atoms with Crippen molar-refractivity contribution in [3.63, 3.8) is 0 Å². The first-order valence-corrected chi connectivity index (χ1v) is 9.96. The minimum absolute atomic E-state index is 0.153. The Labute approximate surface area is 186 Å². The van der Waals surface area contributed by atoms with E-state index in [4.69, 9.17) is 11.6 Å². The van der Waals surface area contributed by atoms with Gasteiger partial charge in [-0.3, -0.25) is 14.4 Å². The summed E-state index contributed by atoms with van der Waals surface area (Å²) in [6.45, 7) is 1.95. The average Bonchev–Trinajstić information content (AvgIpc) is 2.70. The van der Waals surface area contributed by atoms with Crippen LogP contribution in [-0.2, 0) is 28.7 Å². The van der Waals surface area contributed by atoms with Crippen LogP contribution in [0.3, 0.4) is 0 Å². The molecule has 0 bridgehead atoms. The maximum absolute atomic E-state index is 13.0. The number of carbonyl (C=O) groups excluding carboxylic acids is 2. The van der Waals surface area contributed by atoms with Gasteiger partial charge in [0.15, 0.2) is 0 Å². The fourth-order valence-electron chi connectivity index (χ4n) is 3.24. The lowest BCUT2D eigenvalue weighted by atomic mass is 10.1. The molecule has 1 heterocycles. The van der Waals surface area contributed by atoms with Crippen LogP contribution in [0.15, 0.2) is 53.5 Å². The third-order valence-corrected chi connectivity index (χ3v) is 5.05. The Balaban J connectivity index is 1.80. The Bertz CT molecular complexity index is 1240. The first-order valence-electron chi connectivity index (χ1n) is 9.58. The first-order chi connectivity index (χ1) is 15.1. The number of pyridine rings is 1. The largest absolute Gasteiger partial charge is 0.417 e. The Morgan fingerprint density at radius 1 is 1.09 bits per heavy atom. The molecule has 0 saturated heterocycles. The highest BCUT2D eigenvalue weighted by Crippen LogP contribution is 2.35. The van der Waals surface area contributed by atoms with Gasteiger partial charge in [-0.1, -0.05) is 23.7 Å². The average molecular weight is 466 g/mol. The molecule has 0 aliphatic rings. The van der Waals surface area contributed by atoms with E-state index in [1.807, 2.05) is 0 Å². The van der Waals surface area contributed by atoms with Gasteiger partial charge in [0, 0.05) is 42.7 Å². The molecule has 2 aromatic carbocycles. The molecule has 0 aliphatic carbocycles. The van der Waals surface area contributed by atoms with E-state index < -0.39 is 22.7 Å². The van der Waals surface area contributed by atoms with Crippen LogP contribution in [0, 0.1) is 0 Å². The zero-order chi connectivity index (χ0) is 23.5. The monoisotopic (exact) mass is 465 g/mol. The summed E-state index contributed by atoms with van der Waals surface area (Å²) in [4.78, 5) is 36.2. The quantitative estimate of drug-likeness (QED) is 0.577. The SMILES string of the molecule is CC(=O)NCCn1ccc2c(NC(=O)Cc3ccc(Cl)c(C(F)(F)F)c3)cccc2c1=O. The van der Waals surface area contributed by atoms with Crippen molar-refractivity contribution in [3.05, 3.63) is 75.2 Å². The lowest BCUT2D eigenvalue weighted by Crippen LogP contribution is -2.29. The van der Waals surface area contributed by atoms with Gasteiger partial charge >= 0.3 is 6.18 Å². The predicted molar refractivity (Wildman–Crippen MR) is 116 cm³/mol. The number of fused-ring (bicyclic) bond motifs is 1. The number of anilines is 1. The van der Waals surface area contributed by atoms with Crippen LogP contribution in [-0.4, -0.2) is 22.9 Å². The van der Waals surface area contributed by atoms with E-state index in [1.165, 1.54) is 17.6 Å². The van der Waals surface area contributed by atoms with E-state index in [9.17, 15) is 27.6 Å². The number of hydrogen-bond donors (Lipinski definition) is 2. The van der Waals surface area contributed by atoms with Crippen molar-refractivity contribution in [1.82, 2.24) is 9.88 Å². The Hall–Kier alpha value is -3.33. The molecule has 10 heteroatoms. The Morgan fingerprint density at radius 2 is 1.84 bits per heavy atom. The van der Waals surface area contributed by atoms with Crippen LogP contribution in [0.2, 0.25) is 5.02 Å². The number of hydrogen-bond acceptors (Lipinski definition) is 3. The number of aromatic nitrogens is 1. The van der Waals surface area contributed by atoms with Crippen LogP contribution in [0.4, 0.5) is 18.9 Å². The van der Waals surface area contributed by atoms with Crippen molar-refractivity contribution in [2.45, 2.75) is 26.1 Å². The fourth-order valence-corrected chi connectivity index (χ4v) is 3.46. The minimum Gasteiger partial charge on any atom is -0.355 e. The summed E-state index contributed by atoms with van der Waals surface area (Å²) < 4.78 is 40.6. The third kappa shape index (κ3) is 5.47. The summed E-state index contributed by atoms with van der Waals surface area (Å²) >= 11 is 5.61. The number of amides is 2. The predicted octanol–water partition coefficient (Wildman–Crippen LogP) is 3.99. The summed E-state index contributed by atoms with van der Waals surface area (Å²) in [5.41, 5.74) is -0.783. The van der Waals surface area contributed by atoms with Crippen LogP contribution < -0.4 is 16.2 Å². The van der Waals surface area contributed by atoms with E-state index in [2.05, 4.69) is 10.6 Å². The lowest BCUT2D eigenvalue weighted by molar-refractivity contribution is -0.137. The molecule has 0 saturated carbocycles. The Kier molecular flexibility index (Phi) is 6.88. The van der Waals surface area contributed by atoms with Crippen molar-refractivity contribution in [2.24, 2.45) is 0 Å². The minimum atomic E-state index is -4.63. The van der Waals surface area contributed by atoms with Crippen LogP contribution >= 0.6 is 11.6 Å². The fraction of sp³-hybridized carbons (Fsp3) is 0.227. The van der Waals surface area contributed by atoms with Crippen molar-refractivity contribution in [2.75, 3.05) is 11.9 Å². The zero-order valence-corrected chi connectivity index (χ0v) is 17.7. The molecular weight excluding hydrogens is 447 g/mol. The smallest absolute Gasteiger partial charge is 0.355 e. The van der Waals surface area contributed by atoms with Gasteiger partial charge in [0.25, 0.3) is 5.56 Å². The molecule has 32 heavy (non-hydrogen) atoms. The summed E-state index contributed by atoms with van der Waals surface area (Å²) in [6.07, 6.45) is -3.37. The van der Waals surface area contributed by atoms with Gasteiger partial charge in [0.05, 0.1) is 17.0 Å². The van der Waals surface area contributed by atoms with Crippen LogP contribution in [0.1, 0.15) is 18.1 Å². The second kappa shape index (κ2) is 9.44. The van der Waals surface area contributed by atoms with Crippen molar-refractivity contribution in [3.8, 4) is 0 Å². The highest BCUT2D eigenvalue weighted by Gasteiger charge is 2.33. The van der Waals surface area contributed by atoms with Gasteiger partial charge < -0.3 is 15.2 Å². The maximum Gasteiger partial charge on any atom is 0.417 e. The summed E-state index contributed by atoms with van der Waals surface area (Å²) in [5.74, 6) is -0.741. The van der Waals surface area contributed by atoms with Gasteiger partial charge in [0.2, 0.25) is 11.8 Å². The lowest BCUT2D eigenvalue weighted by Gasteiger charge is -2.13. The highest BCUT2D eigenvalue weighted by molar-refractivity contribution is 6.31. The van der Waals surface area contributed by atoms with Crippen molar-refractivity contribution in [1.29, 1.82) is 0 Å². The number of halogens is 4. The molecule has 0 unspecified atom stereocenters. The van der Waals surface area contributed by atoms with E-state index in [0.717, 1.165) is 12.1 Å². The van der Waals surface area contributed by atoms with Crippen molar-refractivity contribution < 1.29 is 22.8 Å². The van der Waals surface area contributed by atoms with Gasteiger partial charge in [-0.25, -0.2) is 0 Å².